The lowest BCUT2D eigenvalue weighted by Gasteiger charge is -2.16. The Morgan fingerprint density at radius 3 is 2.33 bits per heavy atom. The maximum absolute atomic E-state index is 12.9. The first-order valence-corrected chi connectivity index (χ1v) is 9.36. The second kappa shape index (κ2) is 7.98. The first-order chi connectivity index (χ1) is 14.6. The molecule has 0 bridgehead atoms. The second-order valence-electron chi connectivity index (χ2n) is 6.73. The van der Waals surface area contributed by atoms with Crippen molar-refractivity contribution in [3.05, 3.63) is 47.2 Å². The van der Waals surface area contributed by atoms with E-state index in [1.807, 2.05) is 18.2 Å². The Morgan fingerprint density at radius 1 is 0.967 bits per heavy atom. The van der Waals surface area contributed by atoms with Gasteiger partial charge in [0, 0.05) is 28.9 Å². The SMILES string of the molecule is COc1ccc2c(c1)CCc1c(C(=O)Nc3cc(OC)c(OC)c(OC)c3)noc1-2. The Hall–Kier alpha value is -3.68. The molecule has 0 atom stereocenters. The highest BCUT2D eigenvalue weighted by Gasteiger charge is 2.28. The number of benzene rings is 2. The second-order valence-corrected chi connectivity index (χ2v) is 6.73. The summed E-state index contributed by atoms with van der Waals surface area (Å²) >= 11 is 0. The summed E-state index contributed by atoms with van der Waals surface area (Å²) in [5.41, 5.74) is 3.58. The van der Waals surface area contributed by atoms with E-state index in [9.17, 15) is 4.79 Å². The third-order valence-corrected chi connectivity index (χ3v) is 5.13. The quantitative estimate of drug-likeness (QED) is 0.662. The fourth-order valence-corrected chi connectivity index (χ4v) is 3.66. The minimum atomic E-state index is -0.369. The van der Waals surface area contributed by atoms with Crippen LogP contribution in [-0.2, 0) is 12.8 Å². The highest BCUT2D eigenvalue weighted by molar-refractivity contribution is 6.05. The standard InChI is InChI=1S/C22H22N2O6/c1-26-14-6-8-15-12(9-14)5-7-16-19(24-30-20(15)16)22(25)23-13-10-17(27-2)21(29-4)18(11-13)28-3/h6,8-11H,5,7H2,1-4H3,(H,23,25). The number of fused-ring (bicyclic) bond motifs is 3. The molecule has 0 saturated carbocycles. The normalized spacial score (nSPS) is 11.9. The molecule has 1 aliphatic rings. The zero-order valence-corrected chi connectivity index (χ0v) is 17.2. The van der Waals surface area contributed by atoms with Crippen LogP contribution in [0.2, 0.25) is 0 Å². The van der Waals surface area contributed by atoms with Crippen LogP contribution in [0.15, 0.2) is 34.9 Å². The van der Waals surface area contributed by atoms with Crippen molar-refractivity contribution in [3.8, 4) is 34.3 Å². The van der Waals surface area contributed by atoms with Gasteiger partial charge in [0.2, 0.25) is 5.75 Å². The van der Waals surface area contributed by atoms with Crippen LogP contribution in [0.4, 0.5) is 5.69 Å². The average Bonchev–Trinajstić information content (AvgIpc) is 3.22. The molecule has 2 aromatic carbocycles. The molecular formula is C22H22N2O6. The molecule has 0 radical (unpaired) electrons. The number of methoxy groups -OCH3 is 4. The first kappa shape index (κ1) is 19.6. The molecule has 1 aromatic heterocycles. The molecule has 3 aromatic rings. The number of amides is 1. The molecule has 30 heavy (non-hydrogen) atoms. The largest absolute Gasteiger partial charge is 0.497 e. The number of rotatable bonds is 6. The van der Waals surface area contributed by atoms with E-state index in [4.69, 9.17) is 23.5 Å². The number of hydrogen-bond acceptors (Lipinski definition) is 7. The Kier molecular flexibility index (Phi) is 5.22. The van der Waals surface area contributed by atoms with Crippen molar-refractivity contribution < 1.29 is 28.3 Å². The molecule has 1 heterocycles. The maximum atomic E-state index is 12.9. The van der Waals surface area contributed by atoms with E-state index < -0.39 is 0 Å². The molecule has 8 heteroatoms. The van der Waals surface area contributed by atoms with Gasteiger partial charge in [-0.15, -0.1) is 0 Å². The summed E-state index contributed by atoms with van der Waals surface area (Å²) in [5.74, 6) is 2.37. The predicted molar refractivity (Wildman–Crippen MR) is 110 cm³/mol. The molecule has 0 aliphatic heterocycles. The number of nitrogens with one attached hydrogen (secondary N) is 1. The number of anilines is 1. The van der Waals surface area contributed by atoms with E-state index in [0.29, 0.717) is 35.1 Å². The van der Waals surface area contributed by atoms with Gasteiger partial charge in [0.15, 0.2) is 23.0 Å². The van der Waals surface area contributed by atoms with Crippen molar-refractivity contribution in [2.75, 3.05) is 33.8 Å². The number of nitrogens with zero attached hydrogens (tertiary/aromatic N) is 1. The van der Waals surface area contributed by atoms with Crippen molar-refractivity contribution in [1.82, 2.24) is 5.16 Å². The van der Waals surface area contributed by atoms with Gasteiger partial charge in [-0.25, -0.2) is 0 Å². The number of ether oxygens (including phenoxy) is 4. The molecule has 4 rings (SSSR count). The van der Waals surface area contributed by atoms with Gasteiger partial charge in [0.05, 0.1) is 28.4 Å². The lowest BCUT2D eigenvalue weighted by Crippen LogP contribution is -2.16. The van der Waals surface area contributed by atoms with Gasteiger partial charge < -0.3 is 28.8 Å². The Bertz CT molecular complexity index is 1080. The summed E-state index contributed by atoms with van der Waals surface area (Å²) in [6.07, 6.45) is 1.42. The highest BCUT2D eigenvalue weighted by atomic mass is 16.5. The van der Waals surface area contributed by atoms with E-state index in [2.05, 4.69) is 10.5 Å². The molecule has 0 spiro atoms. The third-order valence-electron chi connectivity index (χ3n) is 5.13. The van der Waals surface area contributed by atoms with Crippen molar-refractivity contribution >= 4 is 11.6 Å². The van der Waals surface area contributed by atoms with Crippen LogP contribution >= 0.6 is 0 Å². The summed E-state index contributed by atoms with van der Waals surface area (Å²) in [7, 11) is 6.19. The van der Waals surface area contributed by atoms with Crippen molar-refractivity contribution in [2.24, 2.45) is 0 Å². The smallest absolute Gasteiger partial charge is 0.278 e. The molecule has 0 saturated heterocycles. The minimum Gasteiger partial charge on any atom is -0.497 e. The average molecular weight is 410 g/mol. The summed E-state index contributed by atoms with van der Waals surface area (Å²) in [6, 6.07) is 9.10. The molecule has 0 fully saturated rings. The van der Waals surface area contributed by atoms with E-state index in [0.717, 1.165) is 28.9 Å². The zero-order valence-electron chi connectivity index (χ0n) is 17.2. The van der Waals surface area contributed by atoms with Crippen LogP contribution in [0.3, 0.4) is 0 Å². The summed E-state index contributed by atoms with van der Waals surface area (Å²) in [4.78, 5) is 12.9. The number of carbonyl (C=O) groups is 1. The first-order valence-electron chi connectivity index (χ1n) is 9.36. The number of hydrogen-bond donors (Lipinski definition) is 1. The van der Waals surface area contributed by atoms with E-state index in [-0.39, 0.29) is 11.6 Å². The number of aromatic nitrogens is 1. The lowest BCUT2D eigenvalue weighted by atomic mass is 9.89. The van der Waals surface area contributed by atoms with Gasteiger partial charge in [-0.1, -0.05) is 5.16 Å². The number of carbonyl (C=O) groups excluding carboxylic acids is 1. The van der Waals surface area contributed by atoms with Gasteiger partial charge in [0.1, 0.15) is 5.75 Å². The number of aryl methyl sites for hydroxylation is 1. The van der Waals surface area contributed by atoms with Gasteiger partial charge in [-0.05, 0) is 36.6 Å². The van der Waals surface area contributed by atoms with Gasteiger partial charge >= 0.3 is 0 Å². The van der Waals surface area contributed by atoms with Gasteiger partial charge in [-0.2, -0.15) is 0 Å². The topological polar surface area (TPSA) is 92.1 Å². The highest BCUT2D eigenvalue weighted by Crippen LogP contribution is 2.41. The molecule has 156 valence electrons. The molecule has 1 N–H and O–H groups in total. The third kappa shape index (κ3) is 3.30. The van der Waals surface area contributed by atoms with Crippen molar-refractivity contribution in [2.45, 2.75) is 12.8 Å². The summed E-state index contributed by atoms with van der Waals surface area (Å²) in [5, 5.41) is 6.89. The van der Waals surface area contributed by atoms with E-state index in [1.165, 1.54) is 21.3 Å². The lowest BCUT2D eigenvalue weighted by molar-refractivity contribution is 0.101. The molecule has 1 amide bonds. The van der Waals surface area contributed by atoms with Crippen LogP contribution in [0, 0.1) is 0 Å². The van der Waals surface area contributed by atoms with Crippen LogP contribution < -0.4 is 24.3 Å². The van der Waals surface area contributed by atoms with Crippen LogP contribution in [0.1, 0.15) is 21.6 Å². The molecule has 1 aliphatic carbocycles. The van der Waals surface area contributed by atoms with Crippen LogP contribution in [-0.4, -0.2) is 39.5 Å². The van der Waals surface area contributed by atoms with Gasteiger partial charge in [-0.3, -0.25) is 4.79 Å². The Balaban J connectivity index is 1.64. The Morgan fingerprint density at radius 2 is 1.70 bits per heavy atom. The van der Waals surface area contributed by atoms with Crippen LogP contribution in [0.5, 0.6) is 23.0 Å². The monoisotopic (exact) mass is 410 g/mol. The van der Waals surface area contributed by atoms with E-state index >= 15 is 0 Å². The molecule has 8 nitrogen and oxygen atoms in total. The maximum Gasteiger partial charge on any atom is 0.278 e. The Labute approximate surface area is 173 Å². The summed E-state index contributed by atoms with van der Waals surface area (Å²) in [6.45, 7) is 0. The summed E-state index contributed by atoms with van der Waals surface area (Å²) < 4.78 is 26.8. The van der Waals surface area contributed by atoms with Crippen molar-refractivity contribution in [3.63, 3.8) is 0 Å². The molecular weight excluding hydrogens is 388 g/mol. The van der Waals surface area contributed by atoms with E-state index in [1.54, 1.807) is 19.2 Å². The fourth-order valence-electron chi connectivity index (χ4n) is 3.66. The predicted octanol–water partition coefficient (Wildman–Crippen LogP) is 3.73. The molecule has 0 unspecified atom stereocenters. The zero-order chi connectivity index (χ0) is 21.3. The van der Waals surface area contributed by atoms with Crippen molar-refractivity contribution in [1.29, 1.82) is 0 Å². The van der Waals surface area contributed by atoms with Gasteiger partial charge in [0.25, 0.3) is 5.91 Å². The minimum absolute atomic E-state index is 0.264. The fraction of sp³-hybridized carbons (Fsp3) is 0.273. The van der Waals surface area contributed by atoms with Crippen LogP contribution in [0.25, 0.3) is 11.3 Å².